The van der Waals surface area contributed by atoms with Crippen molar-refractivity contribution in [3.63, 3.8) is 0 Å². The first kappa shape index (κ1) is 21.9. The maximum absolute atomic E-state index is 5.51. The molecule has 1 fully saturated rings. The van der Waals surface area contributed by atoms with E-state index in [2.05, 4.69) is 58.6 Å². The molecule has 7 nitrogen and oxygen atoms in total. The first-order valence-electron chi connectivity index (χ1n) is 10.6. The van der Waals surface area contributed by atoms with Crippen molar-refractivity contribution in [1.82, 2.24) is 15.6 Å². The minimum Gasteiger partial charge on any atom is -0.475 e. The van der Waals surface area contributed by atoms with Gasteiger partial charge < -0.3 is 25.0 Å². The van der Waals surface area contributed by atoms with E-state index in [1.807, 2.05) is 18.3 Å². The van der Waals surface area contributed by atoms with Gasteiger partial charge in [-0.25, -0.2) is 9.98 Å². The van der Waals surface area contributed by atoms with Crippen LogP contribution in [0, 0.1) is 6.92 Å². The monoisotopic (exact) mass is 411 g/mol. The number of hydrogen-bond donors (Lipinski definition) is 2. The zero-order chi connectivity index (χ0) is 21.2. The average Bonchev–Trinajstić information content (AvgIpc) is 3.22. The van der Waals surface area contributed by atoms with Gasteiger partial charge in [-0.05, 0) is 38.0 Å². The number of rotatable bonds is 9. The lowest BCUT2D eigenvalue weighted by molar-refractivity contribution is 0.143. The van der Waals surface area contributed by atoms with Crippen LogP contribution in [0.4, 0.5) is 5.69 Å². The molecule has 7 heteroatoms. The molecule has 1 aromatic heterocycles. The zero-order valence-electron chi connectivity index (χ0n) is 18.2. The van der Waals surface area contributed by atoms with E-state index >= 15 is 0 Å². The molecule has 0 aliphatic carbocycles. The van der Waals surface area contributed by atoms with Crippen molar-refractivity contribution in [2.24, 2.45) is 4.99 Å². The third kappa shape index (κ3) is 6.62. The Morgan fingerprint density at radius 1 is 1.20 bits per heavy atom. The van der Waals surface area contributed by atoms with Crippen LogP contribution in [0.15, 0.2) is 47.6 Å². The summed E-state index contributed by atoms with van der Waals surface area (Å²) < 4.78 is 10.5. The first-order chi connectivity index (χ1) is 14.7. The number of hydrogen-bond acceptors (Lipinski definition) is 5. The molecule has 0 bridgehead atoms. The molecule has 1 saturated heterocycles. The van der Waals surface area contributed by atoms with E-state index in [9.17, 15) is 0 Å². The van der Waals surface area contributed by atoms with Crippen LogP contribution in [0.2, 0.25) is 0 Å². The Kier molecular flexibility index (Phi) is 8.32. The molecule has 1 aliphatic heterocycles. The summed E-state index contributed by atoms with van der Waals surface area (Å²) >= 11 is 0. The summed E-state index contributed by atoms with van der Waals surface area (Å²) in [5, 5.41) is 6.93. The van der Waals surface area contributed by atoms with Crippen LogP contribution in [0.5, 0.6) is 5.88 Å². The molecule has 3 rings (SSSR count). The SMILES string of the molecule is CCNC(=NCc1ccc(OCCOC)nc1)NC1CCN(c2ccc(C)cc2)C1. The van der Waals surface area contributed by atoms with Gasteiger partial charge in [0, 0.05) is 50.7 Å². The maximum Gasteiger partial charge on any atom is 0.213 e. The largest absolute Gasteiger partial charge is 0.475 e. The van der Waals surface area contributed by atoms with Gasteiger partial charge in [0.1, 0.15) is 6.61 Å². The van der Waals surface area contributed by atoms with E-state index in [1.165, 1.54) is 11.3 Å². The molecule has 1 unspecified atom stereocenters. The van der Waals surface area contributed by atoms with Crippen molar-refractivity contribution in [3.05, 3.63) is 53.7 Å². The van der Waals surface area contributed by atoms with Crippen molar-refractivity contribution in [2.75, 3.05) is 44.9 Å². The molecule has 0 radical (unpaired) electrons. The van der Waals surface area contributed by atoms with Crippen molar-refractivity contribution in [3.8, 4) is 5.88 Å². The summed E-state index contributed by atoms with van der Waals surface area (Å²) in [6, 6.07) is 13.0. The normalized spacial score (nSPS) is 16.6. The van der Waals surface area contributed by atoms with Crippen LogP contribution in [-0.4, -0.2) is 56.9 Å². The van der Waals surface area contributed by atoms with Gasteiger partial charge in [-0.3, -0.25) is 0 Å². The average molecular weight is 412 g/mol. The first-order valence-corrected chi connectivity index (χ1v) is 10.6. The molecule has 1 atom stereocenters. The number of anilines is 1. The Hall–Kier alpha value is -2.80. The third-order valence-corrected chi connectivity index (χ3v) is 5.03. The summed E-state index contributed by atoms with van der Waals surface area (Å²) in [4.78, 5) is 11.5. The number of benzene rings is 1. The summed E-state index contributed by atoms with van der Waals surface area (Å²) in [6.45, 7) is 8.66. The molecule has 0 amide bonds. The highest BCUT2D eigenvalue weighted by Crippen LogP contribution is 2.20. The summed E-state index contributed by atoms with van der Waals surface area (Å²) in [5.74, 6) is 1.45. The Labute approximate surface area is 179 Å². The molecule has 2 aromatic rings. The number of ether oxygens (including phenoxy) is 2. The molecular formula is C23H33N5O2. The Bertz CT molecular complexity index is 792. The molecule has 162 valence electrons. The molecule has 2 heterocycles. The lowest BCUT2D eigenvalue weighted by atomic mass is 10.2. The molecule has 2 N–H and O–H groups in total. The Balaban J connectivity index is 1.52. The van der Waals surface area contributed by atoms with E-state index in [0.29, 0.717) is 31.7 Å². The van der Waals surface area contributed by atoms with E-state index in [-0.39, 0.29) is 0 Å². The highest BCUT2D eigenvalue weighted by atomic mass is 16.5. The lowest BCUT2D eigenvalue weighted by Crippen LogP contribution is -2.44. The van der Waals surface area contributed by atoms with Gasteiger partial charge in [0.2, 0.25) is 5.88 Å². The second-order valence-corrected chi connectivity index (χ2v) is 7.45. The quantitative estimate of drug-likeness (QED) is 0.376. The molecular weight excluding hydrogens is 378 g/mol. The fourth-order valence-corrected chi connectivity index (χ4v) is 3.37. The van der Waals surface area contributed by atoms with Crippen molar-refractivity contribution < 1.29 is 9.47 Å². The summed E-state index contributed by atoms with van der Waals surface area (Å²) in [6.07, 6.45) is 2.90. The topological polar surface area (TPSA) is 71.0 Å². The van der Waals surface area contributed by atoms with Gasteiger partial charge in [-0.2, -0.15) is 0 Å². The molecule has 30 heavy (non-hydrogen) atoms. The van der Waals surface area contributed by atoms with Crippen molar-refractivity contribution in [2.45, 2.75) is 32.9 Å². The van der Waals surface area contributed by atoms with Gasteiger partial charge in [-0.1, -0.05) is 23.8 Å². The van der Waals surface area contributed by atoms with E-state index < -0.39 is 0 Å². The van der Waals surface area contributed by atoms with E-state index in [1.54, 1.807) is 7.11 Å². The minimum atomic E-state index is 0.374. The number of methoxy groups -OCH3 is 1. The fraction of sp³-hybridized carbons (Fsp3) is 0.478. The van der Waals surface area contributed by atoms with Crippen LogP contribution in [0.3, 0.4) is 0 Å². The van der Waals surface area contributed by atoms with Crippen LogP contribution in [0.1, 0.15) is 24.5 Å². The number of pyridine rings is 1. The van der Waals surface area contributed by atoms with Crippen molar-refractivity contribution in [1.29, 1.82) is 0 Å². The standard InChI is InChI=1S/C23H33N5O2/c1-4-24-23(26-16-19-7-10-22(25-15-19)30-14-13-29-3)27-20-11-12-28(17-20)21-8-5-18(2)6-9-21/h5-10,15,20H,4,11-14,16-17H2,1-3H3,(H2,24,26,27). The van der Waals surface area contributed by atoms with Crippen LogP contribution in [0.25, 0.3) is 0 Å². The summed E-state index contributed by atoms with van der Waals surface area (Å²) in [7, 11) is 1.65. The highest BCUT2D eigenvalue weighted by Gasteiger charge is 2.23. The van der Waals surface area contributed by atoms with E-state index in [4.69, 9.17) is 14.5 Å². The van der Waals surface area contributed by atoms with E-state index in [0.717, 1.165) is 37.6 Å². The predicted molar refractivity (Wildman–Crippen MR) is 121 cm³/mol. The number of guanidine groups is 1. The lowest BCUT2D eigenvalue weighted by Gasteiger charge is -2.20. The van der Waals surface area contributed by atoms with Gasteiger partial charge >= 0.3 is 0 Å². The predicted octanol–water partition coefficient (Wildman–Crippen LogP) is 2.75. The van der Waals surface area contributed by atoms with Crippen molar-refractivity contribution >= 4 is 11.6 Å². The minimum absolute atomic E-state index is 0.374. The second-order valence-electron chi connectivity index (χ2n) is 7.45. The number of aryl methyl sites for hydroxylation is 1. The maximum atomic E-state index is 5.51. The van der Waals surface area contributed by atoms with Crippen LogP contribution in [-0.2, 0) is 11.3 Å². The van der Waals surface area contributed by atoms with Gasteiger partial charge in [-0.15, -0.1) is 0 Å². The molecule has 1 aliphatic rings. The van der Waals surface area contributed by atoms with Gasteiger partial charge in [0.15, 0.2) is 5.96 Å². The highest BCUT2D eigenvalue weighted by molar-refractivity contribution is 5.80. The smallest absolute Gasteiger partial charge is 0.213 e. The second kappa shape index (κ2) is 11.4. The third-order valence-electron chi connectivity index (χ3n) is 5.03. The van der Waals surface area contributed by atoms with Gasteiger partial charge in [0.25, 0.3) is 0 Å². The fourth-order valence-electron chi connectivity index (χ4n) is 3.37. The number of aromatic nitrogens is 1. The molecule has 0 spiro atoms. The van der Waals surface area contributed by atoms with Crippen LogP contribution >= 0.6 is 0 Å². The zero-order valence-corrected chi connectivity index (χ0v) is 18.2. The van der Waals surface area contributed by atoms with Crippen LogP contribution < -0.4 is 20.3 Å². The van der Waals surface area contributed by atoms with Gasteiger partial charge in [0.05, 0.1) is 13.2 Å². The Morgan fingerprint density at radius 3 is 2.73 bits per heavy atom. The molecule has 1 aromatic carbocycles. The number of nitrogens with zero attached hydrogens (tertiary/aromatic N) is 3. The molecule has 0 saturated carbocycles. The summed E-state index contributed by atoms with van der Waals surface area (Å²) in [5.41, 5.74) is 3.61. The number of aliphatic imine (C=N–C) groups is 1. The number of nitrogens with one attached hydrogen (secondary N) is 2. The Morgan fingerprint density at radius 2 is 2.03 bits per heavy atom.